The number of hydrogen-bond donors (Lipinski definition) is 1. The van der Waals surface area contributed by atoms with Gasteiger partial charge in [0.1, 0.15) is 5.75 Å². The fraction of sp³-hybridized carbons (Fsp3) is 0.538. The van der Waals surface area contributed by atoms with E-state index in [0.717, 1.165) is 6.42 Å². The van der Waals surface area contributed by atoms with Crippen LogP contribution in [-0.2, 0) is 0 Å². The van der Waals surface area contributed by atoms with Gasteiger partial charge in [-0.15, -0.1) is 0 Å². The fourth-order valence-electron chi connectivity index (χ4n) is 2.12. The highest BCUT2D eigenvalue weighted by molar-refractivity contribution is 5.60. The number of nitro groups is 1. The van der Waals surface area contributed by atoms with Crippen molar-refractivity contribution >= 4 is 11.4 Å². The first-order valence-corrected chi connectivity index (χ1v) is 6.31. The minimum absolute atomic E-state index is 0.00939. The molecule has 1 aliphatic heterocycles. The maximum absolute atomic E-state index is 10.9. The molecule has 0 atom stereocenters. The predicted molar refractivity (Wildman–Crippen MR) is 71.7 cm³/mol. The molecule has 1 aromatic rings. The van der Waals surface area contributed by atoms with Crippen molar-refractivity contribution in [3.05, 3.63) is 28.3 Å². The van der Waals surface area contributed by atoms with E-state index in [4.69, 9.17) is 4.74 Å². The molecule has 0 bridgehead atoms. The Morgan fingerprint density at radius 1 is 1.47 bits per heavy atom. The molecular weight excluding hydrogens is 248 g/mol. The lowest BCUT2D eigenvalue weighted by atomic mass is 9.96. The SMILES string of the molecule is CCCOc1cc(N2CC(C)(O)C2)cc([N+](=O)[O-])c1. The molecule has 0 aromatic heterocycles. The highest BCUT2D eigenvalue weighted by Gasteiger charge is 2.37. The highest BCUT2D eigenvalue weighted by Crippen LogP contribution is 2.33. The Labute approximate surface area is 111 Å². The molecule has 1 saturated heterocycles. The van der Waals surface area contributed by atoms with Crippen LogP contribution in [0.25, 0.3) is 0 Å². The van der Waals surface area contributed by atoms with Gasteiger partial charge in [-0.1, -0.05) is 6.92 Å². The summed E-state index contributed by atoms with van der Waals surface area (Å²) < 4.78 is 5.46. The third-order valence-electron chi connectivity index (χ3n) is 2.99. The topological polar surface area (TPSA) is 75.8 Å². The lowest BCUT2D eigenvalue weighted by molar-refractivity contribution is -0.384. The van der Waals surface area contributed by atoms with Crippen LogP contribution in [0.4, 0.5) is 11.4 Å². The van der Waals surface area contributed by atoms with Gasteiger partial charge in [0.25, 0.3) is 5.69 Å². The second-order valence-corrected chi connectivity index (χ2v) is 5.14. The van der Waals surface area contributed by atoms with Crippen LogP contribution in [0.3, 0.4) is 0 Å². The van der Waals surface area contributed by atoms with E-state index >= 15 is 0 Å². The Balaban J connectivity index is 2.22. The van der Waals surface area contributed by atoms with Crippen molar-refractivity contribution in [3.8, 4) is 5.75 Å². The highest BCUT2D eigenvalue weighted by atomic mass is 16.6. The van der Waals surface area contributed by atoms with Gasteiger partial charge in [0.2, 0.25) is 0 Å². The summed E-state index contributed by atoms with van der Waals surface area (Å²) in [5, 5.41) is 20.6. The molecule has 1 N–H and O–H groups in total. The van der Waals surface area contributed by atoms with Crippen LogP contribution in [0, 0.1) is 10.1 Å². The Hall–Kier alpha value is -1.82. The molecule has 0 aliphatic carbocycles. The van der Waals surface area contributed by atoms with E-state index in [9.17, 15) is 15.2 Å². The van der Waals surface area contributed by atoms with Crippen molar-refractivity contribution < 1.29 is 14.8 Å². The number of hydrogen-bond acceptors (Lipinski definition) is 5. The lowest BCUT2D eigenvalue weighted by Gasteiger charge is -2.45. The van der Waals surface area contributed by atoms with Gasteiger partial charge in [-0.25, -0.2) is 0 Å². The second-order valence-electron chi connectivity index (χ2n) is 5.14. The van der Waals surface area contributed by atoms with Crippen LogP contribution < -0.4 is 9.64 Å². The van der Waals surface area contributed by atoms with Crippen LogP contribution in [0.1, 0.15) is 20.3 Å². The van der Waals surface area contributed by atoms with Crippen LogP contribution in [-0.4, -0.2) is 35.3 Å². The molecule has 19 heavy (non-hydrogen) atoms. The number of non-ortho nitro benzene ring substituents is 1. The molecule has 0 unspecified atom stereocenters. The molecule has 1 aromatic carbocycles. The van der Waals surface area contributed by atoms with Gasteiger partial charge in [-0.3, -0.25) is 10.1 Å². The average molecular weight is 266 g/mol. The summed E-state index contributed by atoms with van der Waals surface area (Å²) in [4.78, 5) is 12.4. The number of benzene rings is 1. The molecule has 6 nitrogen and oxygen atoms in total. The summed E-state index contributed by atoms with van der Waals surface area (Å²) in [7, 11) is 0. The predicted octanol–water partition coefficient (Wildman–Crippen LogP) is 1.95. The molecule has 0 saturated carbocycles. The van der Waals surface area contributed by atoms with E-state index in [-0.39, 0.29) is 5.69 Å². The van der Waals surface area contributed by atoms with Crippen molar-refractivity contribution in [1.82, 2.24) is 0 Å². The van der Waals surface area contributed by atoms with Crippen LogP contribution >= 0.6 is 0 Å². The number of rotatable bonds is 5. The fourth-order valence-corrected chi connectivity index (χ4v) is 2.12. The zero-order valence-electron chi connectivity index (χ0n) is 11.1. The van der Waals surface area contributed by atoms with Gasteiger partial charge in [-0.2, -0.15) is 0 Å². The first-order valence-electron chi connectivity index (χ1n) is 6.31. The third kappa shape index (κ3) is 3.14. The minimum atomic E-state index is -0.713. The zero-order chi connectivity index (χ0) is 14.0. The molecule has 0 amide bonds. The smallest absolute Gasteiger partial charge is 0.275 e. The minimum Gasteiger partial charge on any atom is -0.493 e. The first kappa shape index (κ1) is 13.6. The van der Waals surface area contributed by atoms with Crippen LogP contribution in [0.5, 0.6) is 5.75 Å². The van der Waals surface area contributed by atoms with E-state index < -0.39 is 10.5 Å². The summed E-state index contributed by atoms with van der Waals surface area (Å²) in [6.45, 7) is 5.20. The number of aliphatic hydroxyl groups is 1. The quantitative estimate of drug-likeness (QED) is 0.651. The Kier molecular flexibility index (Phi) is 3.61. The average Bonchev–Trinajstić information content (AvgIpc) is 2.32. The van der Waals surface area contributed by atoms with Crippen molar-refractivity contribution in [2.75, 3.05) is 24.6 Å². The number of β-amino-alcohol motifs (C(OH)–C–C–N with tert-alkyl or cyclic N) is 1. The van der Waals surface area contributed by atoms with Gasteiger partial charge in [0.15, 0.2) is 0 Å². The lowest BCUT2D eigenvalue weighted by Crippen LogP contribution is -2.60. The van der Waals surface area contributed by atoms with Crippen molar-refractivity contribution in [1.29, 1.82) is 0 Å². The second kappa shape index (κ2) is 5.05. The molecule has 6 heteroatoms. The molecule has 1 fully saturated rings. The van der Waals surface area contributed by atoms with E-state index in [1.807, 2.05) is 11.8 Å². The van der Waals surface area contributed by atoms with Crippen molar-refractivity contribution in [2.24, 2.45) is 0 Å². The third-order valence-corrected chi connectivity index (χ3v) is 2.99. The Bertz CT molecular complexity index is 480. The molecular formula is C13H18N2O4. The standard InChI is InChI=1S/C13H18N2O4/c1-3-4-19-12-6-10(5-11(7-12)15(17)18)14-8-13(2,16)9-14/h5-7,16H,3-4,8-9H2,1-2H3. The van der Waals surface area contributed by atoms with Crippen LogP contribution in [0.15, 0.2) is 18.2 Å². The van der Waals surface area contributed by atoms with Gasteiger partial charge in [0.05, 0.1) is 23.2 Å². The number of anilines is 1. The molecule has 2 rings (SSSR count). The zero-order valence-corrected chi connectivity index (χ0v) is 11.1. The molecule has 0 spiro atoms. The number of ether oxygens (including phenoxy) is 1. The first-order chi connectivity index (χ1) is 8.91. The van der Waals surface area contributed by atoms with Gasteiger partial charge < -0.3 is 14.7 Å². The van der Waals surface area contributed by atoms with E-state index in [0.29, 0.717) is 31.1 Å². The van der Waals surface area contributed by atoms with Gasteiger partial charge in [-0.05, 0) is 13.3 Å². The van der Waals surface area contributed by atoms with Crippen molar-refractivity contribution in [2.45, 2.75) is 25.9 Å². The normalized spacial score (nSPS) is 16.9. The summed E-state index contributed by atoms with van der Waals surface area (Å²) in [5.74, 6) is 0.498. The van der Waals surface area contributed by atoms with Crippen LogP contribution in [0.2, 0.25) is 0 Å². The Morgan fingerprint density at radius 2 is 2.16 bits per heavy atom. The summed E-state index contributed by atoms with van der Waals surface area (Å²) in [6.07, 6.45) is 0.844. The molecule has 0 radical (unpaired) electrons. The monoisotopic (exact) mass is 266 g/mol. The summed E-state index contributed by atoms with van der Waals surface area (Å²) in [5.41, 5.74) is 0.0108. The molecule has 104 valence electrons. The Morgan fingerprint density at radius 3 is 2.68 bits per heavy atom. The summed E-state index contributed by atoms with van der Waals surface area (Å²) in [6, 6.07) is 4.71. The maximum Gasteiger partial charge on any atom is 0.275 e. The number of nitro benzene ring substituents is 1. The largest absolute Gasteiger partial charge is 0.493 e. The van der Waals surface area contributed by atoms with Gasteiger partial charge >= 0.3 is 0 Å². The van der Waals surface area contributed by atoms with Crippen molar-refractivity contribution in [3.63, 3.8) is 0 Å². The molecule has 1 aliphatic rings. The van der Waals surface area contributed by atoms with Gasteiger partial charge in [0, 0.05) is 30.9 Å². The number of nitrogens with zero attached hydrogens (tertiary/aromatic N) is 2. The summed E-state index contributed by atoms with van der Waals surface area (Å²) >= 11 is 0. The maximum atomic E-state index is 10.9. The van der Waals surface area contributed by atoms with E-state index in [2.05, 4.69) is 0 Å². The molecule has 1 heterocycles. The van der Waals surface area contributed by atoms with E-state index in [1.54, 1.807) is 13.0 Å². The van der Waals surface area contributed by atoms with E-state index in [1.165, 1.54) is 12.1 Å².